The molecule has 2 aliphatic heterocycles. The Bertz CT molecular complexity index is 1100. The highest BCUT2D eigenvalue weighted by Crippen LogP contribution is 2.36. The van der Waals surface area contributed by atoms with E-state index in [1.54, 1.807) is 18.2 Å². The minimum atomic E-state index is -0.675. The molecule has 0 radical (unpaired) electrons. The van der Waals surface area contributed by atoms with Crippen molar-refractivity contribution < 1.29 is 27.6 Å². The van der Waals surface area contributed by atoms with E-state index in [1.165, 1.54) is 17.0 Å². The van der Waals surface area contributed by atoms with Gasteiger partial charge in [0.05, 0.1) is 0 Å². The fourth-order valence-electron chi connectivity index (χ4n) is 3.50. The number of fused-ring (bicyclic) bond motifs is 1. The van der Waals surface area contributed by atoms with Crippen molar-refractivity contribution in [2.45, 2.75) is 18.9 Å². The van der Waals surface area contributed by atoms with Crippen molar-refractivity contribution in [3.63, 3.8) is 0 Å². The summed E-state index contributed by atoms with van der Waals surface area (Å²) in [6.45, 7) is 0.562. The number of benzene rings is 2. The van der Waals surface area contributed by atoms with Crippen LogP contribution in [0.25, 0.3) is 11.5 Å². The first-order valence-electron chi connectivity index (χ1n) is 9.02. The summed E-state index contributed by atoms with van der Waals surface area (Å²) in [4.78, 5) is 18.3. The van der Waals surface area contributed by atoms with Crippen molar-refractivity contribution in [1.82, 2.24) is 15.0 Å². The Morgan fingerprint density at radius 3 is 2.83 bits per heavy atom. The molecule has 0 aliphatic carbocycles. The van der Waals surface area contributed by atoms with E-state index in [2.05, 4.69) is 10.1 Å². The van der Waals surface area contributed by atoms with E-state index in [-0.39, 0.29) is 37.1 Å². The van der Waals surface area contributed by atoms with Gasteiger partial charge in [-0.1, -0.05) is 11.2 Å². The number of rotatable bonds is 4. The third-order valence-electron chi connectivity index (χ3n) is 5.02. The van der Waals surface area contributed by atoms with Gasteiger partial charge >= 0.3 is 0 Å². The molecule has 1 aromatic heterocycles. The summed E-state index contributed by atoms with van der Waals surface area (Å²) in [6.07, 6.45) is 0.197. The first kappa shape index (κ1) is 17.6. The summed E-state index contributed by atoms with van der Waals surface area (Å²) >= 11 is 0. The zero-order chi connectivity index (χ0) is 20.0. The molecule has 2 aliphatic rings. The quantitative estimate of drug-likeness (QED) is 0.670. The Morgan fingerprint density at radius 1 is 1.10 bits per heavy atom. The van der Waals surface area contributed by atoms with Crippen molar-refractivity contribution >= 4 is 5.91 Å². The van der Waals surface area contributed by atoms with Gasteiger partial charge in [0.15, 0.2) is 17.3 Å². The largest absolute Gasteiger partial charge is 0.454 e. The topological polar surface area (TPSA) is 77.7 Å². The van der Waals surface area contributed by atoms with Gasteiger partial charge in [0.1, 0.15) is 11.6 Å². The molecule has 7 nitrogen and oxygen atoms in total. The zero-order valence-electron chi connectivity index (χ0n) is 15.1. The lowest BCUT2D eigenvalue weighted by molar-refractivity contribution is -0.128. The Balaban J connectivity index is 1.32. The molecule has 9 heteroatoms. The molecule has 3 aromatic rings. The van der Waals surface area contributed by atoms with Gasteiger partial charge in [-0.15, -0.1) is 0 Å². The number of amides is 1. The average molecular weight is 399 g/mol. The van der Waals surface area contributed by atoms with Gasteiger partial charge in [0, 0.05) is 42.6 Å². The first-order valence-corrected chi connectivity index (χ1v) is 9.02. The maximum atomic E-state index is 13.9. The molecule has 1 saturated heterocycles. The van der Waals surface area contributed by atoms with Gasteiger partial charge in [-0.2, -0.15) is 4.98 Å². The van der Waals surface area contributed by atoms with E-state index >= 15 is 0 Å². The molecule has 0 spiro atoms. The summed E-state index contributed by atoms with van der Waals surface area (Å²) < 4.78 is 43.0. The molecule has 5 rings (SSSR count). The van der Waals surface area contributed by atoms with Gasteiger partial charge in [-0.25, -0.2) is 8.78 Å². The molecule has 1 fully saturated rings. The molecule has 1 unspecified atom stereocenters. The van der Waals surface area contributed by atoms with Crippen molar-refractivity contribution in [2.24, 2.45) is 0 Å². The van der Waals surface area contributed by atoms with Crippen LogP contribution in [0, 0.1) is 11.6 Å². The number of hydrogen-bond acceptors (Lipinski definition) is 6. The van der Waals surface area contributed by atoms with Gasteiger partial charge < -0.3 is 18.9 Å². The average Bonchev–Trinajstić information content (AvgIpc) is 3.43. The van der Waals surface area contributed by atoms with Crippen molar-refractivity contribution in [2.75, 3.05) is 13.3 Å². The molecule has 0 bridgehead atoms. The summed E-state index contributed by atoms with van der Waals surface area (Å²) in [6, 6.07) is 8.63. The van der Waals surface area contributed by atoms with Gasteiger partial charge in [0.25, 0.3) is 5.89 Å². The number of ether oxygens (including phenoxy) is 2. The fraction of sp³-hybridized carbons (Fsp3) is 0.250. The highest BCUT2D eigenvalue weighted by Gasteiger charge is 2.34. The highest BCUT2D eigenvalue weighted by atomic mass is 19.1. The number of likely N-dealkylation sites (tertiary alicyclic amines) is 1. The lowest BCUT2D eigenvalue weighted by Gasteiger charge is -2.16. The number of aromatic nitrogens is 2. The summed E-state index contributed by atoms with van der Waals surface area (Å²) in [5, 5.41) is 4.01. The minimum absolute atomic E-state index is 0.0638. The summed E-state index contributed by atoms with van der Waals surface area (Å²) in [5.41, 5.74) is 0.942. The second-order valence-corrected chi connectivity index (χ2v) is 6.94. The molecule has 148 valence electrons. The molecule has 29 heavy (non-hydrogen) atoms. The normalized spacial score (nSPS) is 17.9. The molecule has 0 saturated carbocycles. The van der Waals surface area contributed by atoms with E-state index in [1.807, 2.05) is 0 Å². The van der Waals surface area contributed by atoms with Crippen molar-refractivity contribution in [1.29, 1.82) is 0 Å². The van der Waals surface area contributed by atoms with E-state index in [0.717, 1.165) is 6.07 Å². The van der Waals surface area contributed by atoms with E-state index < -0.39 is 11.6 Å². The Labute approximate surface area is 163 Å². The van der Waals surface area contributed by atoms with Crippen molar-refractivity contribution in [3.8, 4) is 23.0 Å². The van der Waals surface area contributed by atoms with Crippen LogP contribution in [0.15, 0.2) is 40.9 Å². The number of carbonyl (C=O) groups is 1. The van der Waals surface area contributed by atoms with Crippen molar-refractivity contribution in [3.05, 3.63) is 59.4 Å². The van der Waals surface area contributed by atoms with Crippen LogP contribution in [-0.2, 0) is 11.3 Å². The fourth-order valence-corrected chi connectivity index (χ4v) is 3.50. The lowest BCUT2D eigenvalue weighted by atomic mass is 10.1. The Hall–Kier alpha value is -3.49. The van der Waals surface area contributed by atoms with Crippen LogP contribution in [-0.4, -0.2) is 34.3 Å². The van der Waals surface area contributed by atoms with Crippen LogP contribution in [0.2, 0.25) is 0 Å². The van der Waals surface area contributed by atoms with Crippen LogP contribution in [0.3, 0.4) is 0 Å². The number of hydrogen-bond donors (Lipinski definition) is 0. The first-order chi connectivity index (χ1) is 14.1. The van der Waals surface area contributed by atoms with Crippen LogP contribution in [0.5, 0.6) is 11.5 Å². The molecule has 2 aromatic carbocycles. The van der Waals surface area contributed by atoms with E-state index in [0.29, 0.717) is 35.3 Å². The second-order valence-electron chi connectivity index (χ2n) is 6.94. The maximum Gasteiger partial charge on any atom is 0.258 e. The van der Waals surface area contributed by atoms with Gasteiger partial charge in [-0.3, -0.25) is 4.79 Å². The Kier molecular flexibility index (Phi) is 4.15. The standard InChI is InChI=1S/C20H15F2N3O4/c21-14-3-1-12(15(22)7-14)8-25-9-13(6-18(25)26)19-23-20(29-24-19)11-2-4-16-17(5-11)28-10-27-16/h1-5,7,13H,6,8-10H2. The van der Waals surface area contributed by atoms with Crippen LogP contribution in [0.1, 0.15) is 23.7 Å². The van der Waals surface area contributed by atoms with E-state index in [4.69, 9.17) is 14.0 Å². The molecular weight excluding hydrogens is 384 g/mol. The predicted molar refractivity (Wildman–Crippen MR) is 95.0 cm³/mol. The zero-order valence-corrected chi connectivity index (χ0v) is 15.1. The maximum absolute atomic E-state index is 13.9. The molecule has 0 N–H and O–H groups in total. The SMILES string of the molecule is O=C1CC(c2noc(-c3ccc4c(c3)OCO4)n2)CN1Cc1ccc(F)cc1F. The lowest BCUT2D eigenvalue weighted by Crippen LogP contribution is -2.25. The second kappa shape index (κ2) is 6.84. The minimum Gasteiger partial charge on any atom is -0.454 e. The number of halogens is 2. The summed E-state index contributed by atoms with van der Waals surface area (Å²) in [5.74, 6) is 0.238. The molecule has 1 amide bonds. The van der Waals surface area contributed by atoms with Crippen LogP contribution < -0.4 is 9.47 Å². The highest BCUT2D eigenvalue weighted by molar-refractivity contribution is 5.79. The number of carbonyl (C=O) groups excluding carboxylic acids is 1. The van der Waals surface area contributed by atoms with Gasteiger partial charge in [-0.05, 0) is 24.3 Å². The third-order valence-corrected chi connectivity index (χ3v) is 5.02. The summed E-state index contributed by atoms with van der Waals surface area (Å²) in [7, 11) is 0. The number of nitrogens with zero attached hydrogens (tertiary/aromatic N) is 3. The monoisotopic (exact) mass is 399 g/mol. The smallest absolute Gasteiger partial charge is 0.258 e. The van der Waals surface area contributed by atoms with Gasteiger partial charge in [0.2, 0.25) is 12.7 Å². The van der Waals surface area contributed by atoms with E-state index in [9.17, 15) is 13.6 Å². The Morgan fingerprint density at radius 2 is 1.97 bits per heavy atom. The third kappa shape index (κ3) is 3.28. The van der Waals surface area contributed by atoms with Crippen LogP contribution >= 0.6 is 0 Å². The molecular formula is C20H15F2N3O4. The molecule has 1 atom stereocenters. The molecule has 3 heterocycles. The van der Waals surface area contributed by atoms with Crippen LogP contribution in [0.4, 0.5) is 8.78 Å². The predicted octanol–water partition coefficient (Wildman–Crippen LogP) is 3.26.